The molecule has 3 N–H and O–H groups in total. The Morgan fingerprint density at radius 1 is 1.45 bits per heavy atom. The van der Waals surface area contributed by atoms with Crippen LogP contribution in [0.4, 0.5) is 17.3 Å². The number of fused-ring (bicyclic) bond motifs is 1. The predicted molar refractivity (Wildman–Crippen MR) is 85.0 cm³/mol. The van der Waals surface area contributed by atoms with Crippen LogP contribution in [0.5, 0.6) is 0 Å². The van der Waals surface area contributed by atoms with Gasteiger partial charge in [0, 0.05) is 13.2 Å². The zero-order valence-corrected chi connectivity index (χ0v) is 13.1. The Balaban J connectivity index is 1.71. The number of ether oxygens (including phenoxy) is 1. The molecule has 2 aliphatic heterocycles. The van der Waals surface area contributed by atoms with Crippen molar-refractivity contribution in [1.29, 1.82) is 0 Å². The zero-order valence-electron chi connectivity index (χ0n) is 13.1. The summed E-state index contributed by atoms with van der Waals surface area (Å²) in [5.74, 6) is 1.72. The van der Waals surface area contributed by atoms with Gasteiger partial charge in [0.05, 0.1) is 6.10 Å². The Hall–Kier alpha value is -1.89. The molecule has 2 unspecified atom stereocenters. The summed E-state index contributed by atoms with van der Waals surface area (Å²) in [6, 6.07) is -0.242. The molecule has 2 aliphatic rings. The van der Waals surface area contributed by atoms with Crippen molar-refractivity contribution in [2.45, 2.75) is 45.3 Å². The number of rotatable bonds is 5. The van der Waals surface area contributed by atoms with Crippen molar-refractivity contribution < 1.29 is 9.53 Å². The van der Waals surface area contributed by atoms with Gasteiger partial charge in [0.2, 0.25) is 5.91 Å². The molecule has 7 nitrogen and oxygen atoms in total. The van der Waals surface area contributed by atoms with E-state index >= 15 is 0 Å². The van der Waals surface area contributed by atoms with Gasteiger partial charge in [-0.2, -0.15) is 0 Å². The summed E-state index contributed by atoms with van der Waals surface area (Å²) in [5.41, 5.74) is 0.630. The lowest BCUT2D eigenvalue weighted by atomic mass is 10.0. The Morgan fingerprint density at radius 3 is 3.05 bits per heavy atom. The van der Waals surface area contributed by atoms with E-state index in [0.717, 1.165) is 25.9 Å². The van der Waals surface area contributed by atoms with Crippen LogP contribution in [0.25, 0.3) is 0 Å². The molecule has 1 saturated heterocycles. The van der Waals surface area contributed by atoms with E-state index in [4.69, 9.17) is 4.74 Å². The molecule has 1 aromatic heterocycles. The summed E-state index contributed by atoms with van der Waals surface area (Å²) in [6.45, 7) is 5.70. The SMILES string of the molecule is CC(C)CC1Nc2ncnc(NCC3CCCO3)c2NC1=O. The highest BCUT2D eigenvalue weighted by Crippen LogP contribution is 2.31. The number of hydrogen-bond donors (Lipinski definition) is 3. The molecule has 3 rings (SSSR count). The van der Waals surface area contributed by atoms with E-state index in [9.17, 15) is 4.79 Å². The van der Waals surface area contributed by atoms with Crippen molar-refractivity contribution in [3.05, 3.63) is 6.33 Å². The molecule has 120 valence electrons. The van der Waals surface area contributed by atoms with Crippen LogP contribution in [0.3, 0.4) is 0 Å². The van der Waals surface area contributed by atoms with E-state index in [2.05, 4.69) is 39.8 Å². The number of hydrogen-bond acceptors (Lipinski definition) is 6. The molecule has 0 saturated carbocycles. The monoisotopic (exact) mass is 305 g/mol. The fourth-order valence-electron chi connectivity index (χ4n) is 2.84. The Kier molecular flexibility index (Phi) is 4.42. The molecule has 1 amide bonds. The lowest BCUT2D eigenvalue weighted by Gasteiger charge is -2.28. The number of anilines is 3. The number of amides is 1. The molecule has 2 atom stereocenters. The molecule has 22 heavy (non-hydrogen) atoms. The molecular formula is C15H23N5O2. The van der Waals surface area contributed by atoms with E-state index < -0.39 is 0 Å². The van der Waals surface area contributed by atoms with Gasteiger partial charge in [-0.1, -0.05) is 13.8 Å². The third-order valence-electron chi connectivity index (χ3n) is 3.95. The first-order valence-electron chi connectivity index (χ1n) is 7.91. The van der Waals surface area contributed by atoms with Gasteiger partial charge in [0.1, 0.15) is 18.1 Å². The number of carbonyl (C=O) groups excluding carboxylic acids is 1. The second-order valence-corrected chi connectivity index (χ2v) is 6.28. The van der Waals surface area contributed by atoms with Gasteiger partial charge in [-0.05, 0) is 25.2 Å². The number of aromatic nitrogens is 2. The van der Waals surface area contributed by atoms with Crippen LogP contribution < -0.4 is 16.0 Å². The Labute approximate surface area is 130 Å². The summed E-state index contributed by atoms with van der Waals surface area (Å²) < 4.78 is 5.59. The molecule has 0 radical (unpaired) electrons. The first kappa shape index (κ1) is 15.0. The van der Waals surface area contributed by atoms with Gasteiger partial charge in [-0.25, -0.2) is 9.97 Å². The minimum Gasteiger partial charge on any atom is -0.376 e. The number of carbonyl (C=O) groups is 1. The van der Waals surface area contributed by atoms with Gasteiger partial charge in [-0.3, -0.25) is 4.79 Å². The van der Waals surface area contributed by atoms with Crippen LogP contribution in [-0.4, -0.2) is 41.2 Å². The third kappa shape index (κ3) is 3.30. The maximum atomic E-state index is 12.2. The highest BCUT2D eigenvalue weighted by molar-refractivity contribution is 6.04. The maximum Gasteiger partial charge on any atom is 0.247 e. The molecule has 0 spiro atoms. The van der Waals surface area contributed by atoms with Gasteiger partial charge < -0.3 is 20.7 Å². The summed E-state index contributed by atoms with van der Waals surface area (Å²) in [5, 5.41) is 9.40. The molecule has 1 aromatic rings. The van der Waals surface area contributed by atoms with Crippen molar-refractivity contribution in [3.8, 4) is 0 Å². The second-order valence-electron chi connectivity index (χ2n) is 6.28. The van der Waals surface area contributed by atoms with Crippen LogP contribution in [0, 0.1) is 5.92 Å². The average Bonchev–Trinajstić information content (AvgIpc) is 2.99. The van der Waals surface area contributed by atoms with Gasteiger partial charge >= 0.3 is 0 Å². The maximum absolute atomic E-state index is 12.2. The quantitative estimate of drug-likeness (QED) is 0.769. The summed E-state index contributed by atoms with van der Waals surface area (Å²) in [7, 11) is 0. The average molecular weight is 305 g/mol. The summed E-state index contributed by atoms with van der Waals surface area (Å²) >= 11 is 0. The van der Waals surface area contributed by atoms with Crippen molar-refractivity contribution in [1.82, 2.24) is 9.97 Å². The Morgan fingerprint density at radius 2 is 2.32 bits per heavy atom. The second kappa shape index (κ2) is 6.48. The molecule has 3 heterocycles. The molecule has 0 bridgehead atoms. The largest absolute Gasteiger partial charge is 0.376 e. The molecule has 0 aliphatic carbocycles. The van der Waals surface area contributed by atoms with Crippen LogP contribution in [0.15, 0.2) is 6.33 Å². The van der Waals surface area contributed by atoms with E-state index in [1.165, 1.54) is 6.33 Å². The Bertz CT molecular complexity index is 543. The minimum atomic E-state index is -0.242. The zero-order chi connectivity index (χ0) is 15.5. The summed E-state index contributed by atoms with van der Waals surface area (Å²) in [6.07, 6.45) is 4.65. The summed E-state index contributed by atoms with van der Waals surface area (Å²) in [4.78, 5) is 20.7. The lowest BCUT2D eigenvalue weighted by Crippen LogP contribution is -2.40. The van der Waals surface area contributed by atoms with Gasteiger partial charge in [0.15, 0.2) is 11.6 Å². The lowest BCUT2D eigenvalue weighted by molar-refractivity contribution is -0.117. The van der Waals surface area contributed by atoms with Crippen LogP contribution >= 0.6 is 0 Å². The minimum absolute atomic E-state index is 0.0313. The van der Waals surface area contributed by atoms with Crippen LogP contribution in [-0.2, 0) is 9.53 Å². The van der Waals surface area contributed by atoms with Crippen molar-refractivity contribution in [2.24, 2.45) is 5.92 Å². The number of nitrogens with zero attached hydrogens (tertiary/aromatic N) is 2. The topological polar surface area (TPSA) is 88.2 Å². The molecule has 7 heteroatoms. The van der Waals surface area contributed by atoms with Crippen molar-refractivity contribution in [3.63, 3.8) is 0 Å². The highest BCUT2D eigenvalue weighted by atomic mass is 16.5. The predicted octanol–water partition coefficient (Wildman–Crippen LogP) is 1.85. The highest BCUT2D eigenvalue weighted by Gasteiger charge is 2.29. The number of nitrogens with one attached hydrogen (secondary N) is 3. The van der Waals surface area contributed by atoms with Gasteiger partial charge in [-0.15, -0.1) is 0 Å². The van der Waals surface area contributed by atoms with Gasteiger partial charge in [0.25, 0.3) is 0 Å². The first-order valence-corrected chi connectivity index (χ1v) is 7.91. The first-order chi connectivity index (χ1) is 10.6. The fourth-order valence-corrected chi connectivity index (χ4v) is 2.84. The molecular weight excluding hydrogens is 282 g/mol. The van der Waals surface area contributed by atoms with E-state index in [0.29, 0.717) is 29.8 Å². The van der Waals surface area contributed by atoms with Crippen LogP contribution in [0.2, 0.25) is 0 Å². The molecule has 0 aromatic carbocycles. The standard InChI is InChI=1S/C15H23N5O2/c1-9(2)6-11-15(21)20-12-13(17-8-18-14(12)19-11)16-7-10-4-3-5-22-10/h8-11H,3-7H2,1-2H3,(H,20,21)(H2,16,17,18,19). The fraction of sp³-hybridized carbons (Fsp3) is 0.667. The van der Waals surface area contributed by atoms with Crippen molar-refractivity contribution >= 4 is 23.2 Å². The van der Waals surface area contributed by atoms with E-state index in [1.54, 1.807) is 0 Å². The van der Waals surface area contributed by atoms with E-state index in [1.807, 2.05) is 0 Å². The smallest absolute Gasteiger partial charge is 0.247 e. The van der Waals surface area contributed by atoms with Crippen molar-refractivity contribution in [2.75, 3.05) is 29.1 Å². The molecule has 1 fully saturated rings. The van der Waals surface area contributed by atoms with Crippen LogP contribution in [0.1, 0.15) is 33.1 Å². The normalized spacial score (nSPS) is 23.9. The third-order valence-corrected chi connectivity index (χ3v) is 3.95. The van der Waals surface area contributed by atoms with E-state index in [-0.39, 0.29) is 18.1 Å².